The Bertz CT molecular complexity index is 1210. The molecular weight excluding hydrogens is 556 g/mol. The van der Waals surface area contributed by atoms with E-state index in [0.717, 1.165) is 11.1 Å². The summed E-state index contributed by atoms with van der Waals surface area (Å²) in [6, 6.07) is 14.3. The lowest BCUT2D eigenvalue weighted by Crippen LogP contribution is -2.57. The fourth-order valence-corrected chi connectivity index (χ4v) is 3.79. The summed E-state index contributed by atoms with van der Waals surface area (Å²) in [6.07, 6.45) is -0.436. The van der Waals surface area contributed by atoms with Gasteiger partial charge < -0.3 is 42.0 Å². The highest BCUT2D eigenvalue weighted by Crippen LogP contribution is 2.10. The number of benzene rings is 2. The maximum absolute atomic E-state index is 13.5. The van der Waals surface area contributed by atoms with Crippen molar-refractivity contribution in [2.45, 2.75) is 70.4 Å². The first kappa shape index (κ1) is 34.6. The minimum absolute atomic E-state index is 0.0139. The number of guanidine groups is 1. The van der Waals surface area contributed by atoms with Crippen molar-refractivity contribution >= 4 is 29.8 Å². The Morgan fingerprint density at radius 1 is 0.837 bits per heavy atom. The summed E-state index contributed by atoms with van der Waals surface area (Å²) in [5.74, 6) is -2.79. The van der Waals surface area contributed by atoms with Crippen molar-refractivity contribution in [1.29, 1.82) is 0 Å². The number of aliphatic imine (C=N–C) groups is 1. The molecule has 3 atom stereocenters. The predicted molar refractivity (Wildman–Crippen MR) is 161 cm³/mol. The molecule has 13 nitrogen and oxygen atoms in total. The molecule has 43 heavy (non-hydrogen) atoms. The number of nitrogens with one attached hydrogen (secondary N) is 3. The normalized spacial score (nSPS) is 13.1. The average Bonchev–Trinajstić information content (AvgIpc) is 2.95. The van der Waals surface area contributed by atoms with Gasteiger partial charge in [-0.15, -0.1) is 0 Å². The fraction of sp³-hybridized carbons (Fsp3) is 0.433. The summed E-state index contributed by atoms with van der Waals surface area (Å²) >= 11 is 0. The Morgan fingerprint density at radius 2 is 1.40 bits per heavy atom. The minimum atomic E-state index is -1.25. The van der Waals surface area contributed by atoms with Gasteiger partial charge in [0.2, 0.25) is 11.8 Å². The second-order valence-corrected chi connectivity index (χ2v) is 10.8. The van der Waals surface area contributed by atoms with Crippen molar-refractivity contribution in [3.63, 3.8) is 0 Å². The van der Waals surface area contributed by atoms with Gasteiger partial charge in [0.25, 0.3) is 0 Å². The molecule has 0 saturated carbocycles. The maximum atomic E-state index is 13.5. The summed E-state index contributed by atoms with van der Waals surface area (Å²) in [4.78, 5) is 55.1. The number of hydrogen-bond acceptors (Lipinski definition) is 7. The molecular formula is C30H42N6O7. The van der Waals surface area contributed by atoms with E-state index in [1.807, 2.05) is 6.07 Å². The Morgan fingerprint density at radius 3 is 1.95 bits per heavy atom. The Kier molecular flexibility index (Phi) is 13.9. The van der Waals surface area contributed by atoms with E-state index in [2.05, 4.69) is 20.9 Å². The van der Waals surface area contributed by atoms with E-state index in [0.29, 0.717) is 6.42 Å². The largest absolute Gasteiger partial charge is 0.480 e. The van der Waals surface area contributed by atoms with Crippen LogP contribution in [0.3, 0.4) is 0 Å². The predicted octanol–water partition coefficient (Wildman–Crippen LogP) is 1.45. The van der Waals surface area contributed by atoms with E-state index >= 15 is 0 Å². The van der Waals surface area contributed by atoms with Gasteiger partial charge in [-0.1, -0.05) is 60.7 Å². The van der Waals surface area contributed by atoms with E-state index < -0.39 is 47.6 Å². The standard InChI is InChI=1S/C30H42N6O7/c1-30(2,3)43-19-24(36-29(41)42-18-21-13-8-5-9-14-21)26(38)35-23(17-20-11-6-4-7-12-20)25(37)34-22(27(39)40)15-10-16-33-28(31)32/h4-9,11-14,22-24H,10,15-19H2,1-3H3,(H,34,37)(H,35,38)(H,36,41)(H,39,40)(H4,31,32,33)/t22-,23-,24-/m0/s1. The third-order valence-corrected chi connectivity index (χ3v) is 5.98. The molecule has 8 N–H and O–H groups in total. The average molecular weight is 599 g/mol. The number of carboxylic acids is 1. The minimum Gasteiger partial charge on any atom is -0.480 e. The SMILES string of the molecule is CC(C)(C)OC[C@H](NC(=O)OCc1ccccc1)C(=O)N[C@@H](Cc1ccccc1)C(=O)N[C@@H](CCCN=C(N)N)C(=O)O. The quantitative estimate of drug-likeness (QED) is 0.0937. The Balaban J connectivity index is 2.19. The van der Waals surface area contributed by atoms with Crippen LogP contribution < -0.4 is 27.4 Å². The van der Waals surface area contributed by atoms with Crippen LogP contribution in [0.15, 0.2) is 65.7 Å². The molecule has 0 unspecified atom stereocenters. The van der Waals surface area contributed by atoms with Crippen LogP contribution in [0, 0.1) is 0 Å². The molecule has 13 heteroatoms. The van der Waals surface area contributed by atoms with E-state index in [1.54, 1.807) is 75.4 Å². The van der Waals surface area contributed by atoms with Crippen LogP contribution in [0.2, 0.25) is 0 Å². The van der Waals surface area contributed by atoms with Crippen LogP contribution in [0.4, 0.5) is 4.79 Å². The highest BCUT2D eigenvalue weighted by atomic mass is 16.5. The number of rotatable bonds is 16. The van der Waals surface area contributed by atoms with E-state index in [4.69, 9.17) is 20.9 Å². The molecule has 0 saturated heterocycles. The zero-order chi connectivity index (χ0) is 31.8. The molecule has 0 spiro atoms. The fourth-order valence-electron chi connectivity index (χ4n) is 3.79. The lowest BCUT2D eigenvalue weighted by Gasteiger charge is -2.27. The van der Waals surface area contributed by atoms with Crippen LogP contribution in [0.5, 0.6) is 0 Å². The Hall–Kier alpha value is -4.65. The maximum Gasteiger partial charge on any atom is 0.408 e. The second-order valence-electron chi connectivity index (χ2n) is 10.8. The zero-order valence-corrected chi connectivity index (χ0v) is 24.7. The third-order valence-electron chi connectivity index (χ3n) is 5.98. The van der Waals surface area contributed by atoms with Gasteiger partial charge >= 0.3 is 12.1 Å². The summed E-state index contributed by atoms with van der Waals surface area (Å²) in [7, 11) is 0. The van der Waals surface area contributed by atoms with Gasteiger partial charge in [0.1, 0.15) is 24.7 Å². The van der Waals surface area contributed by atoms with Crippen molar-refractivity contribution in [2.24, 2.45) is 16.5 Å². The van der Waals surface area contributed by atoms with E-state index in [9.17, 15) is 24.3 Å². The van der Waals surface area contributed by atoms with Crippen LogP contribution in [-0.2, 0) is 36.9 Å². The number of carbonyl (C=O) groups is 4. The first-order valence-electron chi connectivity index (χ1n) is 13.9. The molecule has 0 aliphatic heterocycles. The highest BCUT2D eigenvalue weighted by molar-refractivity contribution is 5.93. The van der Waals surface area contributed by atoms with Crippen molar-refractivity contribution in [1.82, 2.24) is 16.0 Å². The number of ether oxygens (including phenoxy) is 2. The smallest absolute Gasteiger partial charge is 0.408 e. The van der Waals surface area contributed by atoms with Crippen LogP contribution >= 0.6 is 0 Å². The zero-order valence-electron chi connectivity index (χ0n) is 24.7. The van der Waals surface area contributed by atoms with Crippen molar-refractivity contribution in [2.75, 3.05) is 13.2 Å². The van der Waals surface area contributed by atoms with Crippen molar-refractivity contribution in [3.05, 3.63) is 71.8 Å². The summed E-state index contributed by atoms with van der Waals surface area (Å²) < 4.78 is 11.0. The lowest BCUT2D eigenvalue weighted by molar-refractivity contribution is -0.142. The summed E-state index contributed by atoms with van der Waals surface area (Å²) in [5, 5.41) is 17.4. The highest BCUT2D eigenvalue weighted by Gasteiger charge is 2.31. The molecule has 0 heterocycles. The van der Waals surface area contributed by atoms with Crippen LogP contribution in [-0.4, -0.2) is 71.8 Å². The molecule has 0 aliphatic rings. The van der Waals surface area contributed by atoms with Crippen molar-refractivity contribution in [3.8, 4) is 0 Å². The summed E-state index contributed by atoms with van der Waals surface area (Å²) in [6.45, 7) is 5.34. The molecule has 0 aromatic heterocycles. The first-order valence-corrected chi connectivity index (χ1v) is 13.9. The number of amides is 3. The summed E-state index contributed by atoms with van der Waals surface area (Å²) in [5.41, 5.74) is 11.5. The lowest BCUT2D eigenvalue weighted by atomic mass is 10.0. The molecule has 3 amide bonds. The van der Waals surface area contributed by atoms with Gasteiger partial charge in [-0.05, 0) is 44.7 Å². The number of hydrogen-bond donors (Lipinski definition) is 6. The number of aliphatic carboxylic acids is 1. The van der Waals surface area contributed by atoms with Gasteiger partial charge in [-0.3, -0.25) is 14.6 Å². The number of carboxylic acid groups (broad SMARTS) is 1. The molecule has 0 aliphatic carbocycles. The molecule has 234 valence electrons. The molecule has 2 aromatic rings. The van der Waals surface area contributed by atoms with E-state index in [1.165, 1.54) is 0 Å². The number of carbonyl (C=O) groups excluding carboxylic acids is 3. The van der Waals surface area contributed by atoms with Crippen LogP contribution in [0.1, 0.15) is 44.7 Å². The number of alkyl carbamates (subject to hydrolysis) is 1. The van der Waals surface area contributed by atoms with Gasteiger partial charge in [-0.25, -0.2) is 9.59 Å². The molecule has 2 aromatic carbocycles. The topological polar surface area (TPSA) is 207 Å². The number of nitrogens with two attached hydrogens (primary N) is 2. The van der Waals surface area contributed by atoms with Gasteiger partial charge in [0.05, 0.1) is 12.2 Å². The van der Waals surface area contributed by atoms with Gasteiger partial charge in [-0.2, -0.15) is 0 Å². The molecule has 0 bridgehead atoms. The van der Waals surface area contributed by atoms with Gasteiger partial charge in [0, 0.05) is 13.0 Å². The van der Waals surface area contributed by atoms with Crippen LogP contribution in [0.25, 0.3) is 0 Å². The second kappa shape index (κ2) is 17.3. The molecule has 0 radical (unpaired) electrons. The number of nitrogens with zero attached hydrogens (tertiary/aromatic N) is 1. The van der Waals surface area contributed by atoms with Gasteiger partial charge in [0.15, 0.2) is 5.96 Å². The molecule has 2 rings (SSSR count). The Labute approximate surface area is 251 Å². The monoisotopic (exact) mass is 598 g/mol. The molecule has 0 fully saturated rings. The third kappa shape index (κ3) is 14.2. The first-order chi connectivity index (χ1) is 20.3. The van der Waals surface area contributed by atoms with E-state index in [-0.39, 0.29) is 38.6 Å². The van der Waals surface area contributed by atoms with Crippen molar-refractivity contribution < 1.29 is 33.8 Å².